The maximum absolute atomic E-state index is 10.9. The van der Waals surface area contributed by atoms with Gasteiger partial charge in [-0.05, 0) is 30.9 Å². The van der Waals surface area contributed by atoms with Crippen LogP contribution in [-0.4, -0.2) is 17.1 Å². The summed E-state index contributed by atoms with van der Waals surface area (Å²) < 4.78 is 5.99. The summed E-state index contributed by atoms with van der Waals surface area (Å²) in [5.74, 6) is 0.242. The van der Waals surface area contributed by atoms with E-state index in [0.717, 1.165) is 12.8 Å². The van der Waals surface area contributed by atoms with Crippen LogP contribution in [-0.2, 0) is 0 Å². The molecule has 0 heterocycles. The van der Waals surface area contributed by atoms with Crippen LogP contribution in [0, 0.1) is 27.4 Å². The summed E-state index contributed by atoms with van der Waals surface area (Å²) in [5.41, 5.74) is 4.73. The first-order valence-corrected chi connectivity index (χ1v) is 6.52. The highest BCUT2D eigenvalue weighted by Gasteiger charge is 2.43. The molecular weight excluding hydrogens is 314 g/mol. The molecule has 1 atom stereocenters. The number of ether oxygens (including phenoxy) is 1. The summed E-state index contributed by atoms with van der Waals surface area (Å²) in [6.07, 6.45) is 1.80. The van der Waals surface area contributed by atoms with Gasteiger partial charge in [0.15, 0.2) is 5.75 Å². The average molecular weight is 326 g/mol. The van der Waals surface area contributed by atoms with Gasteiger partial charge in [0, 0.05) is 10.5 Å². The van der Waals surface area contributed by atoms with E-state index in [9.17, 15) is 10.1 Å². The van der Waals surface area contributed by atoms with Gasteiger partial charge < -0.3 is 10.5 Å². The smallest absolute Gasteiger partial charge is 0.312 e. The summed E-state index contributed by atoms with van der Waals surface area (Å²) in [4.78, 5) is 10.4. The van der Waals surface area contributed by atoms with E-state index in [1.165, 1.54) is 12.1 Å². The molecule has 1 saturated carbocycles. The van der Waals surface area contributed by atoms with E-state index in [-0.39, 0.29) is 24.0 Å². The number of hydrogen-bond donors (Lipinski definition) is 1. The molecule has 6 nitrogen and oxygen atoms in total. The zero-order valence-corrected chi connectivity index (χ0v) is 11.6. The molecule has 7 heteroatoms. The highest BCUT2D eigenvalue weighted by molar-refractivity contribution is 9.10. The lowest BCUT2D eigenvalue weighted by Crippen LogP contribution is -2.46. The number of nitrogens with zero attached hydrogens (tertiary/aromatic N) is 2. The fourth-order valence-corrected chi connectivity index (χ4v) is 2.14. The molecule has 0 aliphatic heterocycles. The Hall–Kier alpha value is -1.65. The Labute approximate surface area is 118 Å². The topological polar surface area (TPSA) is 102 Å². The van der Waals surface area contributed by atoms with E-state index in [4.69, 9.17) is 15.7 Å². The van der Waals surface area contributed by atoms with Gasteiger partial charge in [-0.15, -0.1) is 0 Å². The van der Waals surface area contributed by atoms with Crippen LogP contribution in [0.1, 0.15) is 12.8 Å². The van der Waals surface area contributed by atoms with E-state index >= 15 is 0 Å². The van der Waals surface area contributed by atoms with Gasteiger partial charge in [0.2, 0.25) is 0 Å². The lowest BCUT2D eigenvalue weighted by atomic mass is 9.98. The summed E-state index contributed by atoms with van der Waals surface area (Å²) in [7, 11) is 0. The van der Waals surface area contributed by atoms with Crippen molar-refractivity contribution in [3.05, 3.63) is 32.8 Å². The molecule has 1 fully saturated rings. The number of nitrogens with two attached hydrogens (primary N) is 1. The van der Waals surface area contributed by atoms with Crippen molar-refractivity contribution < 1.29 is 9.66 Å². The fourth-order valence-electron chi connectivity index (χ4n) is 1.79. The Kier molecular flexibility index (Phi) is 3.73. The lowest BCUT2D eigenvalue weighted by Gasteiger charge is -2.21. The first-order valence-electron chi connectivity index (χ1n) is 5.73. The average Bonchev–Trinajstić information content (AvgIpc) is 3.21. The molecule has 1 aromatic rings. The molecule has 0 saturated heterocycles. The summed E-state index contributed by atoms with van der Waals surface area (Å²) in [6, 6.07) is 6.54. The third kappa shape index (κ3) is 3.03. The molecule has 0 radical (unpaired) electrons. The molecule has 1 aromatic carbocycles. The van der Waals surface area contributed by atoms with Gasteiger partial charge in [0.05, 0.1) is 11.0 Å². The molecule has 0 amide bonds. The van der Waals surface area contributed by atoms with Gasteiger partial charge in [-0.2, -0.15) is 5.26 Å². The first kappa shape index (κ1) is 13.8. The van der Waals surface area contributed by atoms with Crippen LogP contribution in [0.5, 0.6) is 5.75 Å². The molecular formula is C12H12BrN3O3. The third-order valence-corrected chi connectivity index (χ3v) is 3.59. The van der Waals surface area contributed by atoms with Crippen molar-refractivity contribution in [2.45, 2.75) is 18.4 Å². The van der Waals surface area contributed by atoms with Crippen molar-refractivity contribution in [2.75, 3.05) is 6.61 Å². The zero-order valence-electron chi connectivity index (χ0n) is 10.0. The SMILES string of the molecule is N#CC(N)(COc1ccc(Br)cc1[N+](=O)[O-])C1CC1. The van der Waals surface area contributed by atoms with Crippen molar-refractivity contribution in [2.24, 2.45) is 11.7 Å². The molecule has 19 heavy (non-hydrogen) atoms. The molecule has 100 valence electrons. The zero-order chi connectivity index (χ0) is 14.0. The molecule has 2 rings (SSSR count). The quantitative estimate of drug-likeness (QED) is 0.661. The highest BCUT2D eigenvalue weighted by Crippen LogP contribution is 2.39. The van der Waals surface area contributed by atoms with E-state index in [2.05, 4.69) is 15.9 Å². The molecule has 1 unspecified atom stereocenters. The Bertz CT molecular complexity index is 554. The molecule has 1 aliphatic rings. The Morgan fingerprint density at radius 2 is 2.32 bits per heavy atom. The Morgan fingerprint density at radius 1 is 1.63 bits per heavy atom. The molecule has 0 aromatic heterocycles. The lowest BCUT2D eigenvalue weighted by molar-refractivity contribution is -0.386. The monoisotopic (exact) mass is 325 g/mol. The number of nitro benzene ring substituents is 1. The normalized spacial score (nSPS) is 17.3. The van der Waals surface area contributed by atoms with E-state index in [1.54, 1.807) is 6.07 Å². The minimum Gasteiger partial charge on any atom is -0.484 e. The largest absolute Gasteiger partial charge is 0.484 e. The molecule has 2 N–H and O–H groups in total. The van der Waals surface area contributed by atoms with Crippen LogP contribution >= 0.6 is 15.9 Å². The molecule has 0 bridgehead atoms. The predicted octanol–water partition coefficient (Wildman–Crippen LogP) is 2.37. The van der Waals surface area contributed by atoms with Gasteiger partial charge in [0.1, 0.15) is 12.1 Å². The first-order chi connectivity index (χ1) is 8.96. The van der Waals surface area contributed by atoms with Crippen molar-refractivity contribution in [3.8, 4) is 11.8 Å². The van der Waals surface area contributed by atoms with Gasteiger partial charge in [0.25, 0.3) is 0 Å². The summed E-state index contributed by atoms with van der Waals surface area (Å²) >= 11 is 3.17. The second-order valence-electron chi connectivity index (χ2n) is 4.58. The third-order valence-electron chi connectivity index (χ3n) is 3.10. The van der Waals surface area contributed by atoms with Crippen molar-refractivity contribution in [1.29, 1.82) is 5.26 Å². The van der Waals surface area contributed by atoms with Crippen LogP contribution in [0.2, 0.25) is 0 Å². The number of hydrogen-bond acceptors (Lipinski definition) is 5. The van der Waals surface area contributed by atoms with Gasteiger partial charge in [-0.3, -0.25) is 10.1 Å². The van der Waals surface area contributed by atoms with Gasteiger partial charge in [-0.1, -0.05) is 15.9 Å². The number of benzene rings is 1. The van der Waals surface area contributed by atoms with Crippen molar-refractivity contribution in [3.63, 3.8) is 0 Å². The number of nitriles is 1. The summed E-state index contributed by atoms with van der Waals surface area (Å²) in [5, 5.41) is 20.0. The minimum absolute atomic E-state index is 0.0450. The van der Waals surface area contributed by atoms with Crippen LogP contribution in [0.25, 0.3) is 0 Å². The van der Waals surface area contributed by atoms with Gasteiger partial charge in [-0.25, -0.2) is 0 Å². The van der Waals surface area contributed by atoms with Gasteiger partial charge >= 0.3 is 5.69 Å². The molecule has 0 spiro atoms. The second-order valence-corrected chi connectivity index (χ2v) is 5.50. The second kappa shape index (κ2) is 5.15. The number of nitro groups is 1. The van der Waals surface area contributed by atoms with Crippen LogP contribution in [0.3, 0.4) is 0 Å². The fraction of sp³-hybridized carbons (Fsp3) is 0.417. The molecule has 1 aliphatic carbocycles. The highest BCUT2D eigenvalue weighted by atomic mass is 79.9. The maximum Gasteiger partial charge on any atom is 0.312 e. The van der Waals surface area contributed by atoms with E-state index in [0.29, 0.717) is 4.47 Å². The van der Waals surface area contributed by atoms with E-state index < -0.39 is 10.5 Å². The summed E-state index contributed by atoms with van der Waals surface area (Å²) in [6.45, 7) is -0.0450. The van der Waals surface area contributed by atoms with Crippen molar-refractivity contribution in [1.82, 2.24) is 0 Å². The van der Waals surface area contributed by atoms with Crippen LogP contribution < -0.4 is 10.5 Å². The minimum atomic E-state index is -1.07. The van der Waals surface area contributed by atoms with Crippen LogP contribution in [0.15, 0.2) is 22.7 Å². The van der Waals surface area contributed by atoms with Crippen LogP contribution in [0.4, 0.5) is 5.69 Å². The Morgan fingerprint density at radius 3 is 2.84 bits per heavy atom. The van der Waals surface area contributed by atoms with Crippen molar-refractivity contribution >= 4 is 21.6 Å². The van der Waals surface area contributed by atoms with E-state index in [1.807, 2.05) is 6.07 Å². The standard InChI is InChI=1S/C12H12BrN3O3/c13-9-3-4-11(10(5-9)16(17)18)19-7-12(15,6-14)8-1-2-8/h3-5,8H,1-2,7,15H2. The number of rotatable bonds is 5. The Balaban J connectivity index is 2.15. The predicted molar refractivity (Wildman–Crippen MR) is 71.5 cm³/mol. The maximum atomic E-state index is 10.9. The number of halogens is 1.